The minimum Gasteiger partial charge on any atom is -0.377 e. The van der Waals surface area contributed by atoms with Gasteiger partial charge in [-0.2, -0.15) is 13.2 Å². The number of nitro groups is 1. The molecule has 3 aromatic carbocycles. The molecule has 2 fully saturated rings. The van der Waals surface area contributed by atoms with Gasteiger partial charge in [0.25, 0.3) is 21.6 Å². The van der Waals surface area contributed by atoms with Gasteiger partial charge < -0.3 is 29.6 Å². The summed E-state index contributed by atoms with van der Waals surface area (Å²) in [5, 5.41) is 14.5. The summed E-state index contributed by atoms with van der Waals surface area (Å²) in [6, 6.07) is 19.3. The molecule has 1 aliphatic carbocycles. The molecule has 1 amide bonds. The second-order valence-corrected chi connectivity index (χ2v) is 21.5. The van der Waals surface area contributed by atoms with Crippen LogP contribution in [0.4, 0.5) is 41.6 Å². The number of alkyl halides is 3. The predicted molar refractivity (Wildman–Crippen MR) is 257 cm³/mol. The number of anilines is 4. The molecule has 0 radical (unpaired) electrons. The molecule has 2 aromatic heterocycles. The van der Waals surface area contributed by atoms with E-state index >= 15 is 0 Å². The first-order chi connectivity index (χ1) is 32.4. The third-order valence-electron chi connectivity index (χ3n) is 12.9. The number of nitro benzene ring substituents is 1. The fourth-order valence-corrected chi connectivity index (χ4v) is 11.4. The monoisotopic (exact) mass is 994 g/mol. The summed E-state index contributed by atoms with van der Waals surface area (Å²) in [6.45, 7) is 8.50. The van der Waals surface area contributed by atoms with Gasteiger partial charge in [0.15, 0.2) is 0 Å². The summed E-state index contributed by atoms with van der Waals surface area (Å²) < 4.78 is 85.0. The Balaban J connectivity index is 1.02. The molecular formula is C47H50ClF3N8O7S2. The number of pyridine rings is 1. The fraction of sp³-hybridized carbons (Fsp3) is 0.404. The molecule has 2 saturated heterocycles. The quantitative estimate of drug-likeness (QED) is 0.0799. The van der Waals surface area contributed by atoms with Gasteiger partial charge in [-0.1, -0.05) is 54.9 Å². The van der Waals surface area contributed by atoms with Gasteiger partial charge in [0.05, 0.1) is 52.7 Å². The highest BCUT2D eigenvalue weighted by atomic mass is 35.5. The molecule has 0 spiro atoms. The average molecular weight is 996 g/mol. The van der Waals surface area contributed by atoms with Crippen LogP contribution in [0.25, 0.3) is 16.6 Å². The number of sulfonamides is 1. The van der Waals surface area contributed by atoms with E-state index in [4.69, 9.17) is 21.1 Å². The number of hydrogen-bond acceptors (Lipinski definition) is 13. The van der Waals surface area contributed by atoms with E-state index in [1.807, 2.05) is 16.9 Å². The van der Waals surface area contributed by atoms with Crippen molar-refractivity contribution >= 4 is 84.3 Å². The second-order valence-electron chi connectivity index (χ2n) is 18.2. The van der Waals surface area contributed by atoms with E-state index in [2.05, 4.69) is 51.1 Å². The minimum atomic E-state index is -4.78. The van der Waals surface area contributed by atoms with Gasteiger partial charge in [0.1, 0.15) is 21.6 Å². The number of carbonyl (C=O) groups is 1. The molecular weight excluding hydrogens is 945 g/mol. The molecule has 3 N–H and O–H groups in total. The summed E-state index contributed by atoms with van der Waals surface area (Å²) >= 11 is 6.82. The topological polar surface area (TPSA) is 175 Å². The van der Waals surface area contributed by atoms with Crippen molar-refractivity contribution in [1.82, 2.24) is 19.6 Å². The van der Waals surface area contributed by atoms with Crippen LogP contribution in [-0.2, 0) is 19.5 Å². The average Bonchev–Trinajstić information content (AvgIpc) is 3.78. The Morgan fingerprint density at radius 1 is 1.03 bits per heavy atom. The van der Waals surface area contributed by atoms with E-state index in [0.29, 0.717) is 78.6 Å². The first-order valence-corrected chi connectivity index (χ1v) is 25.0. The smallest absolute Gasteiger partial charge is 0.377 e. The SMILES string of the molecule is CC1(C)CCC(CN2CCN(c3ccc(C(=O)NS(=O)(=O)c4ccc(NC[C@H]5COCCO5)c([N+](=O)[O-])c4)c(N4C[C@H](C(F)(F)F)Sc5nc6[nH]ccc6cc54)c3)CC2)=C(c2ccc(Cl)cc2)C1. The Labute approximate surface area is 400 Å². The summed E-state index contributed by atoms with van der Waals surface area (Å²) in [5.74, 6) is -1.14. The number of halogens is 4. The number of ether oxygens (including phenoxy) is 2. The van der Waals surface area contributed by atoms with Crippen LogP contribution < -0.4 is 19.8 Å². The Morgan fingerprint density at radius 2 is 1.81 bits per heavy atom. The van der Waals surface area contributed by atoms with Gasteiger partial charge in [0, 0.05) is 74.2 Å². The van der Waals surface area contributed by atoms with Crippen LogP contribution in [0.5, 0.6) is 0 Å². The van der Waals surface area contributed by atoms with Crippen LogP contribution >= 0.6 is 23.4 Å². The van der Waals surface area contributed by atoms with Gasteiger partial charge in [-0.25, -0.2) is 18.1 Å². The van der Waals surface area contributed by atoms with Crippen molar-refractivity contribution in [1.29, 1.82) is 0 Å². The number of benzene rings is 3. The summed E-state index contributed by atoms with van der Waals surface area (Å²) in [4.78, 5) is 38.6. The molecule has 9 rings (SSSR count). The van der Waals surface area contributed by atoms with E-state index in [9.17, 15) is 36.5 Å². The first kappa shape index (κ1) is 47.7. The molecule has 21 heteroatoms. The van der Waals surface area contributed by atoms with Crippen molar-refractivity contribution < 1.29 is 40.8 Å². The highest BCUT2D eigenvalue weighted by Gasteiger charge is 2.46. The summed E-state index contributed by atoms with van der Waals surface area (Å²) in [7, 11) is -4.78. The van der Waals surface area contributed by atoms with Crippen molar-refractivity contribution in [2.45, 2.75) is 60.6 Å². The Hall–Kier alpha value is -5.38. The lowest BCUT2D eigenvalue weighted by atomic mass is 9.72. The zero-order chi connectivity index (χ0) is 48.0. The largest absolute Gasteiger partial charge is 0.402 e. The maximum atomic E-state index is 14.7. The third-order valence-corrected chi connectivity index (χ3v) is 15.7. The highest BCUT2D eigenvalue weighted by Crippen LogP contribution is 2.49. The van der Waals surface area contributed by atoms with Crippen LogP contribution in [0, 0.1) is 15.5 Å². The van der Waals surface area contributed by atoms with E-state index in [1.165, 1.54) is 33.7 Å². The number of hydrogen-bond donors (Lipinski definition) is 3. The molecule has 360 valence electrons. The zero-order valence-electron chi connectivity index (χ0n) is 37.3. The Bertz CT molecular complexity index is 2870. The van der Waals surface area contributed by atoms with Crippen molar-refractivity contribution in [3.63, 3.8) is 0 Å². The number of aromatic amines is 1. The molecule has 5 heterocycles. The Morgan fingerprint density at radius 3 is 2.53 bits per heavy atom. The fourth-order valence-electron chi connectivity index (χ4n) is 9.19. The summed E-state index contributed by atoms with van der Waals surface area (Å²) in [5.41, 5.74) is 4.65. The number of nitrogens with zero attached hydrogens (tertiary/aromatic N) is 5. The van der Waals surface area contributed by atoms with E-state index in [0.717, 1.165) is 37.9 Å². The first-order valence-electron chi connectivity index (χ1n) is 22.3. The van der Waals surface area contributed by atoms with Crippen LogP contribution in [0.2, 0.25) is 5.02 Å². The van der Waals surface area contributed by atoms with Crippen molar-refractivity contribution in [3.05, 3.63) is 111 Å². The van der Waals surface area contributed by atoms with Crippen LogP contribution in [0.15, 0.2) is 94.5 Å². The van der Waals surface area contributed by atoms with Gasteiger partial charge in [0.2, 0.25) is 0 Å². The summed E-state index contributed by atoms with van der Waals surface area (Å²) in [6.07, 6.45) is -0.443. The van der Waals surface area contributed by atoms with E-state index < -0.39 is 49.4 Å². The normalized spacial score (nSPS) is 20.3. The standard InChI is InChI=1S/C47H50ClF3N8O7S2/c1-46(2)13-11-31(37(24-46)29-3-5-32(48)6-4-29)26-56-15-17-57(18-16-56)33-7-9-36(39(22-33)58-27-42(47(49,50)51)67-45-41(58)21-30-12-14-52-43(30)54-45)44(60)55-68(63,64)35-8-10-38(40(23-35)59(61)62)53-25-34-28-65-19-20-66-34/h3-10,12,14,21-23,34,42,53H,11,13,15-20,24-28H2,1-2H3,(H,52,54)(H,55,60)/t34-,42+/m0/s1. The number of fused-ring (bicyclic) bond motifs is 2. The third kappa shape index (κ3) is 10.4. The van der Waals surface area contributed by atoms with Gasteiger partial charge >= 0.3 is 6.18 Å². The number of piperazine rings is 1. The van der Waals surface area contributed by atoms with Crippen molar-refractivity contribution in [2.24, 2.45) is 5.41 Å². The number of thioether (sulfide) groups is 1. The number of H-pyrrole nitrogens is 1. The number of aromatic nitrogens is 2. The molecule has 2 atom stereocenters. The second kappa shape index (κ2) is 19.2. The van der Waals surface area contributed by atoms with Gasteiger partial charge in [-0.15, -0.1) is 0 Å². The Kier molecular flexibility index (Phi) is 13.5. The maximum absolute atomic E-state index is 14.7. The van der Waals surface area contributed by atoms with E-state index in [-0.39, 0.29) is 46.6 Å². The molecule has 4 aliphatic rings. The molecule has 5 aromatic rings. The molecule has 0 saturated carbocycles. The van der Waals surface area contributed by atoms with Crippen molar-refractivity contribution in [3.8, 4) is 0 Å². The van der Waals surface area contributed by atoms with Crippen LogP contribution in [-0.4, -0.2) is 117 Å². The lowest BCUT2D eigenvalue weighted by Gasteiger charge is -2.40. The molecule has 0 bridgehead atoms. The predicted octanol–water partition coefficient (Wildman–Crippen LogP) is 9.03. The maximum Gasteiger partial charge on any atom is 0.402 e. The van der Waals surface area contributed by atoms with Gasteiger partial charge in [-0.05, 0) is 90.4 Å². The molecule has 15 nitrogen and oxygen atoms in total. The molecule has 0 unspecified atom stereocenters. The number of nitrogens with one attached hydrogen (secondary N) is 3. The van der Waals surface area contributed by atoms with Gasteiger partial charge in [-0.3, -0.25) is 19.8 Å². The van der Waals surface area contributed by atoms with E-state index in [1.54, 1.807) is 30.5 Å². The molecule has 3 aliphatic heterocycles. The lowest BCUT2D eigenvalue weighted by molar-refractivity contribution is -0.384. The lowest BCUT2D eigenvalue weighted by Crippen LogP contribution is -2.47. The molecule has 68 heavy (non-hydrogen) atoms. The zero-order valence-corrected chi connectivity index (χ0v) is 39.7. The van der Waals surface area contributed by atoms with Crippen LogP contribution in [0.3, 0.4) is 0 Å². The van der Waals surface area contributed by atoms with Crippen LogP contribution in [0.1, 0.15) is 49.0 Å². The minimum absolute atomic E-state index is 0.0250. The highest BCUT2D eigenvalue weighted by molar-refractivity contribution is 8.00. The number of allylic oxidation sites excluding steroid dienone is 1. The van der Waals surface area contributed by atoms with Crippen molar-refractivity contribution in [2.75, 3.05) is 80.8 Å². The number of amides is 1. The number of carbonyl (C=O) groups excluding carboxylic acids is 1. The number of rotatable bonds is 12.